The van der Waals surface area contributed by atoms with Crippen molar-refractivity contribution in [3.8, 4) is 0 Å². The molecule has 0 bridgehead atoms. The lowest BCUT2D eigenvalue weighted by atomic mass is 10.4. The molecular weight excluding hydrogens is 106 g/mol. The molecule has 1 N–H and O–H groups in total. The van der Waals surface area contributed by atoms with Gasteiger partial charge in [0.1, 0.15) is 6.73 Å². The van der Waals surface area contributed by atoms with Gasteiger partial charge < -0.3 is 14.8 Å². The second kappa shape index (κ2) is 1.47. The van der Waals surface area contributed by atoms with E-state index in [1.165, 1.54) is 0 Å². The Hall–Kier alpha value is -0.540. The van der Waals surface area contributed by atoms with E-state index in [0.717, 1.165) is 5.70 Å². The monoisotopic (exact) mass is 113 g/mol. The molecule has 0 saturated carbocycles. The van der Waals surface area contributed by atoms with Gasteiger partial charge in [0.25, 0.3) is 0 Å². The summed E-state index contributed by atoms with van der Waals surface area (Å²) in [7, 11) is 0. The van der Waals surface area contributed by atoms with Crippen LogP contribution in [-0.2, 0) is 9.47 Å². The molecule has 0 aromatic heterocycles. The van der Waals surface area contributed by atoms with Crippen LogP contribution in [0.3, 0.4) is 0 Å². The van der Waals surface area contributed by atoms with E-state index in [9.17, 15) is 0 Å². The van der Waals surface area contributed by atoms with E-state index in [1.54, 1.807) is 0 Å². The molecule has 2 aliphatic rings. The Labute approximate surface area is 47.3 Å². The third-order valence-corrected chi connectivity index (χ3v) is 1.32. The quantitative estimate of drug-likeness (QED) is 0.472. The van der Waals surface area contributed by atoms with E-state index in [2.05, 4.69) is 5.32 Å². The smallest absolute Gasteiger partial charge is 0.200 e. The van der Waals surface area contributed by atoms with Crippen molar-refractivity contribution in [1.82, 2.24) is 5.32 Å². The number of rotatable bonds is 0. The van der Waals surface area contributed by atoms with Crippen molar-refractivity contribution in [3.63, 3.8) is 0 Å². The molecular formula is C5H7NO2. The van der Waals surface area contributed by atoms with Crippen LogP contribution in [0.4, 0.5) is 0 Å². The average molecular weight is 113 g/mol. The summed E-state index contributed by atoms with van der Waals surface area (Å²) in [6, 6.07) is 0. The van der Waals surface area contributed by atoms with Crippen molar-refractivity contribution in [2.75, 3.05) is 13.3 Å². The highest BCUT2D eigenvalue weighted by atomic mass is 16.7. The van der Waals surface area contributed by atoms with E-state index in [-0.39, 0.29) is 6.29 Å². The van der Waals surface area contributed by atoms with E-state index in [1.807, 2.05) is 6.08 Å². The molecule has 0 aromatic carbocycles. The summed E-state index contributed by atoms with van der Waals surface area (Å²) in [6.45, 7) is 1.28. The van der Waals surface area contributed by atoms with Crippen LogP contribution in [0.1, 0.15) is 0 Å². The predicted molar refractivity (Wildman–Crippen MR) is 26.9 cm³/mol. The Kier molecular flexibility index (Phi) is 0.797. The Bertz CT molecular complexity index is 132. The highest BCUT2D eigenvalue weighted by Crippen LogP contribution is 2.16. The third-order valence-electron chi connectivity index (χ3n) is 1.32. The van der Waals surface area contributed by atoms with Crippen molar-refractivity contribution in [1.29, 1.82) is 0 Å². The number of ether oxygens (including phenoxy) is 2. The first-order valence-electron chi connectivity index (χ1n) is 2.64. The van der Waals surface area contributed by atoms with Crippen LogP contribution in [0.15, 0.2) is 11.8 Å². The fourth-order valence-electron chi connectivity index (χ4n) is 0.905. The first-order chi connectivity index (χ1) is 3.97. The Morgan fingerprint density at radius 3 is 3.50 bits per heavy atom. The van der Waals surface area contributed by atoms with Gasteiger partial charge in [-0.1, -0.05) is 0 Å². The van der Waals surface area contributed by atoms with Gasteiger partial charge in [-0.2, -0.15) is 0 Å². The fourth-order valence-corrected chi connectivity index (χ4v) is 0.905. The first kappa shape index (κ1) is 4.35. The fraction of sp³-hybridized carbons (Fsp3) is 0.600. The van der Waals surface area contributed by atoms with Gasteiger partial charge in [-0.05, 0) is 6.08 Å². The van der Waals surface area contributed by atoms with Gasteiger partial charge in [0.2, 0.25) is 6.29 Å². The second-order valence-electron chi connectivity index (χ2n) is 1.81. The molecule has 44 valence electrons. The van der Waals surface area contributed by atoms with Gasteiger partial charge in [0, 0.05) is 0 Å². The molecule has 0 amide bonds. The standard InChI is InChI=1S/C5H7NO2/c1-2-7-5-4(1)6-3-8-5/h1,5-6H,2-3H2. The Morgan fingerprint density at radius 1 is 1.62 bits per heavy atom. The number of nitrogens with one attached hydrogen (secondary N) is 1. The van der Waals surface area contributed by atoms with Crippen LogP contribution in [0.2, 0.25) is 0 Å². The summed E-state index contributed by atoms with van der Waals surface area (Å²) in [5.41, 5.74) is 1.09. The minimum absolute atomic E-state index is 0.0741. The molecule has 3 heteroatoms. The zero-order valence-corrected chi connectivity index (χ0v) is 4.39. The highest BCUT2D eigenvalue weighted by Gasteiger charge is 2.24. The molecule has 0 radical (unpaired) electrons. The van der Waals surface area contributed by atoms with Crippen LogP contribution in [0.25, 0.3) is 0 Å². The predicted octanol–water partition coefficient (Wildman–Crippen LogP) is -0.196. The van der Waals surface area contributed by atoms with Gasteiger partial charge in [-0.15, -0.1) is 0 Å². The maximum atomic E-state index is 5.10. The molecule has 1 saturated heterocycles. The Morgan fingerprint density at radius 2 is 2.62 bits per heavy atom. The summed E-state index contributed by atoms with van der Waals surface area (Å²) in [4.78, 5) is 0. The lowest BCUT2D eigenvalue weighted by Crippen LogP contribution is -2.07. The summed E-state index contributed by atoms with van der Waals surface area (Å²) in [5.74, 6) is 0. The second-order valence-corrected chi connectivity index (χ2v) is 1.81. The van der Waals surface area contributed by atoms with E-state index < -0.39 is 0 Å². The van der Waals surface area contributed by atoms with E-state index >= 15 is 0 Å². The normalized spacial score (nSPS) is 34.0. The van der Waals surface area contributed by atoms with Crippen LogP contribution >= 0.6 is 0 Å². The maximum absolute atomic E-state index is 5.10. The molecule has 8 heavy (non-hydrogen) atoms. The molecule has 1 unspecified atom stereocenters. The van der Waals surface area contributed by atoms with Gasteiger partial charge in [0.15, 0.2) is 0 Å². The summed E-state index contributed by atoms with van der Waals surface area (Å²) < 4.78 is 10.2. The third kappa shape index (κ3) is 0.454. The lowest BCUT2D eigenvalue weighted by molar-refractivity contribution is -0.0729. The summed E-state index contributed by atoms with van der Waals surface area (Å²) >= 11 is 0. The molecule has 0 aliphatic carbocycles. The van der Waals surface area contributed by atoms with Crippen molar-refractivity contribution >= 4 is 0 Å². The van der Waals surface area contributed by atoms with Gasteiger partial charge in [-0.25, -0.2) is 0 Å². The van der Waals surface area contributed by atoms with Crippen LogP contribution in [0, 0.1) is 0 Å². The molecule has 2 rings (SSSR count). The minimum atomic E-state index is -0.0741. The van der Waals surface area contributed by atoms with Gasteiger partial charge in [-0.3, -0.25) is 0 Å². The number of fused-ring (bicyclic) bond motifs is 1. The lowest BCUT2D eigenvalue weighted by Gasteiger charge is -1.99. The number of hydrogen-bond donors (Lipinski definition) is 1. The van der Waals surface area contributed by atoms with Crippen LogP contribution in [0.5, 0.6) is 0 Å². The van der Waals surface area contributed by atoms with Crippen molar-refractivity contribution in [3.05, 3.63) is 11.8 Å². The van der Waals surface area contributed by atoms with E-state index in [4.69, 9.17) is 9.47 Å². The molecule has 3 nitrogen and oxygen atoms in total. The first-order valence-corrected chi connectivity index (χ1v) is 2.64. The molecule has 2 heterocycles. The molecule has 2 aliphatic heterocycles. The van der Waals surface area contributed by atoms with Gasteiger partial charge >= 0.3 is 0 Å². The minimum Gasteiger partial charge on any atom is -0.362 e. The largest absolute Gasteiger partial charge is 0.362 e. The topological polar surface area (TPSA) is 30.5 Å². The summed E-state index contributed by atoms with van der Waals surface area (Å²) in [5, 5.41) is 3.03. The average Bonchev–Trinajstić information content (AvgIpc) is 2.15. The zero-order chi connectivity index (χ0) is 5.40. The van der Waals surface area contributed by atoms with Crippen LogP contribution < -0.4 is 5.32 Å². The Balaban J connectivity index is 2.20. The SMILES string of the molecule is C1=C2NCOC2OC1. The van der Waals surface area contributed by atoms with Crippen molar-refractivity contribution in [2.24, 2.45) is 0 Å². The van der Waals surface area contributed by atoms with Crippen LogP contribution in [-0.4, -0.2) is 19.6 Å². The molecule has 1 atom stereocenters. The van der Waals surface area contributed by atoms with E-state index in [0.29, 0.717) is 13.3 Å². The van der Waals surface area contributed by atoms with Gasteiger partial charge in [0.05, 0.1) is 12.3 Å². The molecule has 0 aromatic rings. The molecule has 0 spiro atoms. The van der Waals surface area contributed by atoms with Crippen molar-refractivity contribution in [2.45, 2.75) is 6.29 Å². The summed E-state index contributed by atoms with van der Waals surface area (Å²) in [6.07, 6.45) is 1.92. The zero-order valence-electron chi connectivity index (χ0n) is 4.39. The number of hydrogen-bond acceptors (Lipinski definition) is 3. The molecule has 1 fully saturated rings. The maximum Gasteiger partial charge on any atom is 0.200 e. The highest BCUT2D eigenvalue weighted by molar-refractivity contribution is 5.09. The van der Waals surface area contributed by atoms with Crippen molar-refractivity contribution < 1.29 is 9.47 Å².